The lowest BCUT2D eigenvalue weighted by molar-refractivity contribution is -0.385. The molecule has 0 radical (unpaired) electrons. The highest BCUT2D eigenvalue weighted by molar-refractivity contribution is 7.91. The number of nitro benzene ring substituents is 1. The predicted molar refractivity (Wildman–Crippen MR) is 87.6 cm³/mol. The Labute approximate surface area is 144 Å². The molecule has 1 aliphatic heterocycles. The maximum absolute atomic E-state index is 12.0. The van der Waals surface area contributed by atoms with E-state index in [-0.39, 0.29) is 29.2 Å². The third kappa shape index (κ3) is 4.99. The van der Waals surface area contributed by atoms with E-state index in [1.807, 2.05) is 0 Å². The molecule has 1 amide bonds. The van der Waals surface area contributed by atoms with Crippen molar-refractivity contribution in [2.45, 2.75) is 18.9 Å². The number of hydrogen-bond donors (Lipinski definition) is 0. The van der Waals surface area contributed by atoms with Crippen molar-refractivity contribution in [3.63, 3.8) is 0 Å². The molecule has 1 aromatic rings. The number of carbonyl (C=O) groups is 2. The van der Waals surface area contributed by atoms with E-state index in [0.717, 1.165) is 0 Å². The Balaban J connectivity index is 1.88. The minimum absolute atomic E-state index is 0.0345. The zero-order valence-corrected chi connectivity index (χ0v) is 14.4. The summed E-state index contributed by atoms with van der Waals surface area (Å²) in [4.78, 5) is 35.4. The van der Waals surface area contributed by atoms with Crippen LogP contribution in [0.15, 0.2) is 24.3 Å². The summed E-state index contributed by atoms with van der Waals surface area (Å²) in [5.74, 6) is -1.35. The quantitative estimate of drug-likeness (QED) is 0.401. The van der Waals surface area contributed by atoms with Crippen LogP contribution < -0.4 is 0 Å². The Hall–Kier alpha value is -2.49. The number of esters is 1. The highest BCUT2D eigenvalue weighted by atomic mass is 32.2. The summed E-state index contributed by atoms with van der Waals surface area (Å²) in [6, 6.07) is 5.35. The summed E-state index contributed by atoms with van der Waals surface area (Å²) < 4.78 is 27.8. The van der Waals surface area contributed by atoms with Gasteiger partial charge in [0.15, 0.2) is 16.4 Å². The average molecular weight is 370 g/mol. The van der Waals surface area contributed by atoms with Gasteiger partial charge < -0.3 is 9.64 Å². The first kappa shape index (κ1) is 18.8. The van der Waals surface area contributed by atoms with Gasteiger partial charge in [0, 0.05) is 24.7 Å². The molecule has 0 aliphatic carbocycles. The fraction of sp³-hybridized carbons (Fsp3) is 0.467. The number of nitrogens with zero attached hydrogens (tertiary/aromatic N) is 2. The molecule has 0 aromatic heterocycles. The van der Waals surface area contributed by atoms with Gasteiger partial charge in [-0.15, -0.1) is 0 Å². The van der Waals surface area contributed by atoms with Crippen molar-refractivity contribution < 1.29 is 27.7 Å². The Kier molecular flexibility index (Phi) is 5.73. The van der Waals surface area contributed by atoms with Crippen molar-refractivity contribution in [1.29, 1.82) is 0 Å². The number of nitro groups is 1. The molecule has 2 rings (SSSR count). The molecule has 0 unspecified atom stereocenters. The summed E-state index contributed by atoms with van der Waals surface area (Å²) >= 11 is 0. The standard InChI is InChI=1S/C15H18N2O7S/c1-16(12-6-7-25(22,23)10-12)14(18)9-24-15(19)8-11-4-2-3-5-13(11)17(20)21/h2-5,12H,6-10H2,1H3/t12-/m1/s1. The van der Waals surface area contributed by atoms with Crippen LogP contribution in [0.1, 0.15) is 12.0 Å². The van der Waals surface area contributed by atoms with Gasteiger partial charge in [-0.2, -0.15) is 0 Å². The topological polar surface area (TPSA) is 124 Å². The van der Waals surface area contributed by atoms with Crippen LogP contribution in [0, 0.1) is 10.1 Å². The fourth-order valence-corrected chi connectivity index (χ4v) is 4.35. The monoisotopic (exact) mass is 370 g/mol. The molecule has 1 atom stereocenters. The van der Waals surface area contributed by atoms with Gasteiger partial charge >= 0.3 is 5.97 Å². The van der Waals surface area contributed by atoms with Crippen LogP contribution in [0.2, 0.25) is 0 Å². The van der Waals surface area contributed by atoms with Crippen LogP contribution in [-0.4, -0.2) is 61.3 Å². The van der Waals surface area contributed by atoms with Gasteiger partial charge in [0.05, 0.1) is 22.8 Å². The normalized spacial score (nSPS) is 18.5. The van der Waals surface area contributed by atoms with E-state index in [9.17, 15) is 28.1 Å². The van der Waals surface area contributed by atoms with Crippen LogP contribution in [0.4, 0.5) is 5.69 Å². The summed E-state index contributed by atoms with van der Waals surface area (Å²) in [7, 11) is -1.66. The molecule has 1 saturated heterocycles. The molecule has 0 spiro atoms. The summed E-state index contributed by atoms with van der Waals surface area (Å²) in [5.41, 5.74) is -0.000698. The van der Waals surface area contributed by atoms with Crippen molar-refractivity contribution >= 4 is 27.4 Å². The second-order valence-corrected chi connectivity index (χ2v) is 8.01. The summed E-state index contributed by atoms with van der Waals surface area (Å²) in [6.07, 6.45) is 0.0285. The van der Waals surface area contributed by atoms with Crippen molar-refractivity contribution in [3.8, 4) is 0 Å². The van der Waals surface area contributed by atoms with E-state index in [1.165, 1.54) is 30.1 Å². The summed E-state index contributed by atoms with van der Waals surface area (Å²) in [5, 5.41) is 10.9. The summed E-state index contributed by atoms with van der Waals surface area (Å²) in [6.45, 7) is -0.535. The molecule has 0 bridgehead atoms. The Bertz CT molecular complexity index is 791. The van der Waals surface area contributed by atoms with Gasteiger partial charge in [-0.3, -0.25) is 19.7 Å². The Morgan fingerprint density at radius 2 is 2.04 bits per heavy atom. The predicted octanol–water partition coefficient (Wildman–Crippen LogP) is 0.326. The largest absolute Gasteiger partial charge is 0.455 e. The maximum atomic E-state index is 12.0. The lowest BCUT2D eigenvalue weighted by Crippen LogP contribution is -2.40. The zero-order valence-electron chi connectivity index (χ0n) is 13.6. The van der Waals surface area contributed by atoms with Crippen LogP contribution in [0.3, 0.4) is 0 Å². The number of amides is 1. The molecule has 9 nitrogen and oxygen atoms in total. The van der Waals surface area contributed by atoms with Gasteiger partial charge in [-0.25, -0.2) is 8.42 Å². The number of hydrogen-bond acceptors (Lipinski definition) is 7. The molecule has 0 N–H and O–H groups in total. The van der Waals surface area contributed by atoms with Crippen LogP contribution >= 0.6 is 0 Å². The third-order valence-corrected chi connectivity index (χ3v) is 5.78. The maximum Gasteiger partial charge on any atom is 0.311 e. The number of likely N-dealkylation sites (N-methyl/N-ethyl adjacent to an activating group) is 1. The molecular weight excluding hydrogens is 352 g/mol. The van der Waals surface area contributed by atoms with E-state index in [2.05, 4.69) is 0 Å². The van der Waals surface area contributed by atoms with Gasteiger partial charge in [0.25, 0.3) is 11.6 Å². The SMILES string of the molecule is CN(C(=O)COC(=O)Cc1ccccc1[N+](=O)[O-])[C@@H]1CCS(=O)(=O)C1. The number of benzene rings is 1. The number of para-hydroxylation sites is 1. The van der Waals surface area contributed by atoms with E-state index in [1.54, 1.807) is 6.07 Å². The van der Waals surface area contributed by atoms with Crippen molar-refractivity contribution in [1.82, 2.24) is 4.90 Å². The number of sulfone groups is 1. The minimum atomic E-state index is -3.12. The van der Waals surface area contributed by atoms with Gasteiger partial charge in [0.2, 0.25) is 0 Å². The molecule has 0 saturated carbocycles. The van der Waals surface area contributed by atoms with Crippen molar-refractivity contribution in [2.75, 3.05) is 25.2 Å². The van der Waals surface area contributed by atoms with Gasteiger partial charge in [-0.05, 0) is 6.42 Å². The van der Waals surface area contributed by atoms with Gasteiger partial charge in [-0.1, -0.05) is 18.2 Å². The second-order valence-electron chi connectivity index (χ2n) is 5.78. The van der Waals surface area contributed by atoms with E-state index < -0.39 is 39.3 Å². The van der Waals surface area contributed by atoms with Gasteiger partial charge in [0.1, 0.15) is 0 Å². The number of carbonyl (C=O) groups excluding carboxylic acids is 2. The first-order chi connectivity index (χ1) is 11.7. The zero-order chi connectivity index (χ0) is 18.6. The number of ether oxygens (including phenoxy) is 1. The first-order valence-corrected chi connectivity index (χ1v) is 9.36. The lowest BCUT2D eigenvalue weighted by Gasteiger charge is -2.23. The van der Waals surface area contributed by atoms with Crippen molar-refractivity contribution in [2.24, 2.45) is 0 Å². The lowest BCUT2D eigenvalue weighted by atomic mass is 10.1. The van der Waals surface area contributed by atoms with Crippen molar-refractivity contribution in [3.05, 3.63) is 39.9 Å². The smallest absolute Gasteiger partial charge is 0.311 e. The number of rotatable bonds is 6. The third-order valence-electron chi connectivity index (χ3n) is 4.03. The fourth-order valence-electron chi connectivity index (χ4n) is 2.57. The van der Waals surface area contributed by atoms with E-state index in [0.29, 0.717) is 6.42 Å². The van der Waals surface area contributed by atoms with Crippen LogP contribution in [0.5, 0.6) is 0 Å². The molecule has 136 valence electrons. The van der Waals surface area contributed by atoms with E-state index in [4.69, 9.17) is 4.74 Å². The van der Waals surface area contributed by atoms with E-state index >= 15 is 0 Å². The molecule has 10 heteroatoms. The Morgan fingerprint density at radius 3 is 2.64 bits per heavy atom. The highest BCUT2D eigenvalue weighted by Crippen LogP contribution is 2.19. The average Bonchev–Trinajstić information content (AvgIpc) is 2.92. The molecule has 1 aliphatic rings. The molecule has 1 fully saturated rings. The van der Waals surface area contributed by atoms with Crippen LogP contribution in [0.25, 0.3) is 0 Å². The highest BCUT2D eigenvalue weighted by Gasteiger charge is 2.33. The Morgan fingerprint density at radius 1 is 1.36 bits per heavy atom. The second kappa shape index (κ2) is 7.60. The minimum Gasteiger partial charge on any atom is -0.455 e. The van der Waals surface area contributed by atoms with Crippen LogP contribution in [-0.2, 0) is 30.6 Å². The molecular formula is C15H18N2O7S. The molecule has 1 aromatic carbocycles. The molecule has 25 heavy (non-hydrogen) atoms. The first-order valence-electron chi connectivity index (χ1n) is 7.53. The molecule has 1 heterocycles.